The van der Waals surface area contributed by atoms with E-state index in [9.17, 15) is 13.2 Å². The summed E-state index contributed by atoms with van der Waals surface area (Å²) in [4.78, 5) is 11.0. The zero-order chi connectivity index (χ0) is 15.5. The van der Waals surface area contributed by atoms with Crippen LogP contribution >= 0.6 is 22.6 Å². The van der Waals surface area contributed by atoms with Crippen LogP contribution in [0, 0.1) is 3.57 Å². The molecule has 0 spiro atoms. The van der Waals surface area contributed by atoms with Crippen molar-refractivity contribution in [2.45, 2.75) is 11.4 Å². The highest BCUT2D eigenvalue weighted by atomic mass is 127. The van der Waals surface area contributed by atoms with E-state index in [0.717, 1.165) is 3.57 Å². The molecule has 110 valence electrons. The van der Waals surface area contributed by atoms with E-state index in [1.807, 2.05) is 0 Å². The molecule has 0 aliphatic rings. The number of nitrogens with one attached hydrogen (secondary N) is 1. The lowest BCUT2D eigenvalue weighted by Crippen LogP contribution is -2.23. The first-order valence-electron chi connectivity index (χ1n) is 5.96. The summed E-state index contributed by atoms with van der Waals surface area (Å²) in [5.41, 5.74) is 0.713. The Morgan fingerprint density at radius 3 is 2.43 bits per heavy atom. The fourth-order valence-electron chi connectivity index (χ4n) is 1.69. The first kappa shape index (κ1) is 15.9. The van der Waals surface area contributed by atoms with Gasteiger partial charge in [0.1, 0.15) is 0 Å². The van der Waals surface area contributed by atoms with E-state index in [4.69, 9.17) is 5.11 Å². The van der Waals surface area contributed by atoms with E-state index < -0.39 is 16.0 Å². The molecule has 0 amide bonds. The minimum Gasteiger partial charge on any atom is -0.478 e. The molecule has 7 heteroatoms. The van der Waals surface area contributed by atoms with Crippen LogP contribution in [-0.2, 0) is 16.6 Å². The molecule has 0 heterocycles. The van der Waals surface area contributed by atoms with Crippen molar-refractivity contribution in [2.75, 3.05) is 0 Å². The summed E-state index contributed by atoms with van der Waals surface area (Å²) in [6.07, 6.45) is 0. The van der Waals surface area contributed by atoms with Crippen molar-refractivity contribution >= 4 is 38.6 Å². The fraction of sp³-hybridized carbons (Fsp3) is 0.0714. The van der Waals surface area contributed by atoms with Crippen LogP contribution in [0.5, 0.6) is 0 Å². The van der Waals surface area contributed by atoms with Gasteiger partial charge in [-0.15, -0.1) is 0 Å². The quantitative estimate of drug-likeness (QED) is 0.733. The topological polar surface area (TPSA) is 83.5 Å². The third-order valence-electron chi connectivity index (χ3n) is 2.76. The predicted octanol–water partition coefficient (Wildman–Crippen LogP) is 2.47. The van der Waals surface area contributed by atoms with Crippen molar-refractivity contribution in [1.82, 2.24) is 4.72 Å². The maximum atomic E-state index is 12.1. The second-order valence-corrected chi connectivity index (χ2v) is 7.30. The van der Waals surface area contributed by atoms with Gasteiger partial charge in [-0.3, -0.25) is 0 Å². The first-order valence-corrected chi connectivity index (χ1v) is 8.52. The van der Waals surface area contributed by atoms with Gasteiger partial charge in [0.15, 0.2) is 0 Å². The first-order chi connectivity index (χ1) is 9.88. The smallest absolute Gasteiger partial charge is 0.335 e. The third-order valence-corrected chi connectivity index (χ3v) is 4.90. The van der Waals surface area contributed by atoms with Gasteiger partial charge in [-0.2, -0.15) is 0 Å². The lowest BCUT2D eigenvalue weighted by atomic mass is 10.1. The molecular weight excluding hydrogens is 405 g/mol. The molecule has 0 bridgehead atoms. The summed E-state index contributed by atoms with van der Waals surface area (Å²) in [6, 6.07) is 12.6. The largest absolute Gasteiger partial charge is 0.478 e. The van der Waals surface area contributed by atoms with E-state index in [-0.39, 0.29) is 17.0 Å². The SMILES string of the molecule is O=C(O)c1cccc(CNS(=O)(=O)c2ccc(I)cc2)c1. The summed E-state index contributed by atoms with van der Waals surface area (Å²) >= 11 is 2.09. The monoisotopic (exact) mass is 417 g/mol. The van der Waals surface area contributed by atoms with Gasteiger partial charge >= 0.3 is 5.97 Å². The molecule has 0 radical (unpaired) electrons. The average Bonchev–Trinajstić information content (AvgIpc) is 2.46. The number of aromatic carboxylic acids is 1. The highest BCUT2D eigenvalue weighted by Crippen LogP contribution is 2.13. The Labute approximate surface area is 136 Å². The lowest BCUT2D eigenvalue weighted by molar-refractivity contribution is 0.0696. The lowest BCUT2D eigenvalue weighted by Gasteiger charge is -2.07. The van der Waals surface area contributed by atoms with Gasteiger partial charge in [0, 0.05) is 10.1 Å². The van der Waals surface area contributed by atoms with Crippen molar-refractivity contribution < 1.29 is 18.3 Å². The van der Waals surface area contributed by atoms with Gasteiger partial charge in [-0.05, 0) is 64.6 Å². The zero-order valence-electron chi connectivity index (χ0n) is 10.8. The molecule has 0 fully saturated rings. The van der Waals surface area contributed by atoms with E-state index >= 15 is 0 Å². The molecule has 0 aliphatic carbocycles. The molecule has 0 saturated heterocycles. The Hall–Kier alpha value is -1.45. The van der Waals surface area contributed by atoms with Gasteiger partial charge in [0.25, 0.3) is 0 Å². The molecular formula is C14H12INO4S. The maximum absolute atomic E-state index is 12.1. The molecule has 0 aromatic heterocycles. The minimum absolute atomic E-state index is 0.0371. The van der Waals surface area contributed by atoms with E-state index in [2.05, 4.69) is 27.3 Å². The van der Waals surface area contributed by atoms with Crippen molar-refractivity contribution in [3.8, 4) is 0 Å². The van der Waals surface area contributed by atoms with E-state index in [1.54, 1.807) is 24.3 Å². The van der Waals surface area contributed by atoms with Crippen LogP contribution in [0.1, 0.15) is 15.9 Å². The number of rotatable bonds is 5. The summed E-state index contributed by atoms with van der Waals surface area (Å²) in [5, 5.41) is 8.90. The standard InChI is InChI=1S/C14H12INO4S/c15-12-4-6-13(7-5-12)21(19,20)16-9-10-2-1-3-11(8-10)14(17)18/h1-8,16H,9H2,(H,17,18). The third kappa shape index (κ3) is 4.26. The Morgan fingerprint density at radius 2 is 1.81 bits per heavy atom. The van der Waals surface area contributed by atoms with Crippen molar-refractivity contribution in [1.29, 1.82) is 0 Å². The Bertz CT molecular complexity index is 757. The molecule has 2 aromatic rings. The van der Waals surface area contributed by atoms with Crippen LogP contribution in [0.2, 0.25) is 0 Å². The second-order valence-electron chi connectivity index (χ2n) is 4.28. The summed E-state index contributed by atoms with van der Waals surface area (Å²) in [5.74, 6) is -1.04. The number of benzene rings is 2. The maximum Gasteiger partial charge on any atom is 0.335 e. The van der Waals surface area contributed by atoms with Gasteiger partial charge in [-0.1, -0.05) is 12.1 Å². The zero-order valence-corrected chi connectivity index (χ0v) is 13.8. The van der Waals surface area contributed by atoms with Crippen LogP contribution < -0.4 is 4.72 Å². The number of halogens is 1. The summed E-state index contributed by atoms with van der Waals surface area (Å²) in [7, 11) is -3.61. The molecule has 2 N–H and O–H groups in total. The molecule has 2 rings (SSSR count). The Morgan fingerprint density at radius 1 is 1.14 bits per heavy atom. The highest BCUT2D eigenvalue weighted by molar-refractivity contribution is 14.1. The summed E-state index contributed by atoms with van der Waals surface area (Å²) in [6.45, 7) is 0.0371. The van der Waals surface area contributed by atoms with E-state index in [0.29, 0.717) is 5.56 Å². The number of hydrogen-bond acceptors (Lipinski definition) is 3. The minimum atomic E-state index is -3.61. The van der Waals surface area contributed by atoms with Crippen molar-refractivity contribution in [3.63, 3.8) is 0 Å². The van der Waals surface area contributed by atoms with Crippen LogP contribution in [0.25, 0.3) is 0 Å². The second kappa shape index (κ2) is 6.54. The van der Waals surface area contributed by atoms with Crippen LogP contribution in [-0.4, -0.2) is 19.5 Å². The Kier molecular flexibility index (Phi) is 4.96. The van der Waals surface area contributed by atoms with Crippen molar-refractivity contribution in [2.24, 2.45) is 0 Å². The van der Waals surface area contributed by atoms with Crippen LogP contribution in [0.15, 0.2) is 53.4 Å². The molecule has 0 aliphatic heterocycles. The molecule has 0 atom stereocenters. The Balaban J connectivity index is 2.13. The van der Waals surface area contributed by atoms with Gasteiger partial charge in [-0.25, -0.2) is 17.9 Å². The van der Waals surface area contributed by atoms with Gasteiger partial charge in [0.05, 0.1) is 10.5 Å². The van der Waals surface area contributed by atoms with Crippen LogP contribution in [0.4, 0.5) is 0 Å². The average molecular weight is 417 g/mol. The highest BCUT2D eigenvalue weighted by Gasteiger charge is 2.13. The number of hydrogen-bond donors (Lipinski definition) is 2. The number of carbonyl (C=O) groups is 1. The normalized spacial score (nSPS) is 11.3. The molecule has 0 unspecified atom stereocenters. The molecule has 5 nitrogen and oxygen atoms in total. The number of sulfonamides is 1. The summed E-state index contributed by atoms with van der Waals surface area (Å²) < 4.78 is 27.6. The number of carboxylic acid groups (broad SMARTS) is 1. The van der Waals surface area contributed by atoms with E-state index in [1.165, 1.54) is 24.3 Å². The molecule has 0 saturated carbocycles. The molecule has 21 heavy (non-hydrogen) atoms. The van der Waals surface area contributed by atoms with Gasteiger partial charge in [0.2, 0.25) is 10.0 Å². The molecule has 2 aromatic carbocycles. The predicted molar refractivity (Wildman–Crippen MR) is 86.6 cm³/mol. The van der Waals surface area contributed by atoms with Crippen molar-refractivity contribution in [3.05, 3.63) is 63.2 Å². The fourth-order valence-corrected chi connectivity index (χ4v) is 3.07. The number of carboxylic acids is 1. The van der Waals surface area contributed by atoms with Crippen LogP contribution in [0.3, 0.4) is 0 Å². The van der Waals surface area contributed by atoms with Gasteiger partial charge < -0.3 is 5.11 Å².